The van der Waals surface area contributed by atoms with E-state index in [1.54, 1.807) is 6.92 Å². The monoisotopic (exact) mass is 487 g/mol. The Hall–Kier alpha value is -2.54. The molecule has 1 aliphatic carbocycles. The molecule has 1 aromatic carbocycles. The molecule has 2 heterocycles. The third-order valence-electron chi connectivity index (χ3n) is 4.93. The van der Waals surface area contributed by atoms with Crippen molar-refractivity contribution in [1.82, 2.24) is 9.97 Å². The first kappa shape index (κ1) is 22.6. The van der Waals surface area contributed by atoms with Crippen molar-refractivity contribution in [2.75, 3.05) is 26.9 Å². The van der Waals surface area contributed by atoms with Crippen molar-refractivity contribution in [3.63, 3.8) is 0 Å². The first-order valence-corrected chi connectivity index (χ1v) is 12.6. The average molecular weight is 488 g/mol. The van der Waals surface area contributed by atoms with Crippen molar-refractivity contribution >= 4 is 44.9 Å². The molecule has 1 saturated carbocycles. The number of anilines is 3. The summed E-state index contributed by atoms with van der Waals surface area (Å²) in [4.78, 5) is 21.9. The highest BCUT2D eigenvalue weighted by molar-refractivity contribution is 7.99. The number of fused-ring (bicyclic) bond motifs is 1. The Morgan fingerprint density at radius 1 is 1.22 bits per heavy atom. The van der Waals surface area contributed by atoms with Gasteiger partial charge in [0.2, 0.25) is 15.9 Å². The maximum Gasteiger partial charge on any atom is 0.234 e. The largest absolute Gasteiger partial charge is 0.366 e. The van der Waals surface area contributed by atoms with Gasteiger partial charge in [-0.15, -0.1) is 11.8 Å². The van der Waals surface area contributed by atoms with E-state index >= 15 is 0 Å². The number of halogens is 3. The lowest BCUT2D eigenvalue weighted by atomic mass is 10.1. The van der Waals surface area contributed by atoms with Crippen molar-refractivity contribution in [2.24, 2.45) is 0 Å². The van der Waals surface area contributed by atoms with Crippen LogP contribution in [0.4, 0.5) is 30.4 Å². The number of benzene rings is 1. The van der Waals surface area contributed by atoms with Crippen LogP contribution in [-0.4, -0.2) is 41.8 Å². The number of sulfonamides is 1. The van der Waals surface area contributed by atoms with Crippen molar-refractivity contribution in [1.29, 1.82) is 0 Å². The standard InChI is InChI=1S/C19H20F3N5O3S2/c1-2-5-32(29,30)27-12-6-11(20)13(21)16(14(12)22)26-19(28)10-7-31-17-15(10)23-8-24-18(17)25-9-3-4-9/h6,8-10,27H,2-5,7H2,1H3,(H,26,28)(H,23,24,25). The van der Waals surface area contributed by atoms with Gasteiger partial charge < -0.3 is 10.6 Å². The van der Waals surface area contributed by atoms with Crippen molar-refractivity contribution in [3.05, 3.63) is 35.5 Å². The third kappa shape index (κ3) is 4.63. The van der Waals surface area contributed by atoms with E-state index in [0.717, 1.165) is 12.8 Å². The Morgan fingerprint density at radius 3 is 2.66 bits per heavy atom. The number of rotatable bonds is 8. The van der Waals surface area contributed by atoms with Crippen LogP contribution >= 0.6 is 11.8 Å². The van der Waals surface area contributed by atoms with Gasteiger partial charge in [0.15, 0.2) is 17.5 Å². The van der Waals surface area contributed by atoms with Crippen LogP contribution in [0.5, 0.6) is 0 Å². The van der Waals surface area contributed by atoms with Gasteiger partial charge in [-0.05, 0) is 19.3 Å². The molecule has 1 fully saturated rings. The highest BCUT2D eigenvalue weighted by Crippen LogP contribution is 2.43. The first-order chi connectivity index (χ1) is 15.2. The van der Waals surface area contributed by atoms with Crippen LogP contribution in [0.3, 0.4) is 0 Å². The molecule has 1 aliphatic heterocycles. The summed E-state index contributed by atoms with van der Waals surface area (Å²) in [7, 11) is -3.97. The predicted octanol–water partition coefficient (Wildman–Crippen LogP) is 3.45. The highest BCUT2D eigenvalue weighted by Gasteiger charge is 2.35. The second-order valence-electron chi connectivity index (χ2n) is 7.54. The minimum absolute atomic E-state index is 0.239. The average Bonchev–Trinajstić information content (AvgIpc) is 3.44. The molecular formula is C19H20F3N5O3S2. The lowest BCUT2D eigenvalue weighted by Crippen LogP contribution is -2.24. The number of carbonyl (C=O) groups excluding carboxylic acids is 1. The van der Waals surface area contributed by atoms with Crippen LogP contribution in [0, 0.1) is 17.5 Å². The molecule has 172 valence electrons. The predicted molar refractivity (Wildman–Crippen MR) is 115 cm³/mol. The molecule has 3 N–H and O–H groups in total. The molecule has 0 spiro atoms. The summed E-state index contributed by atoms with van der Waals surface area (Å²) in [6.45, 7) is 1.60. The van der Waals surface area contributed by atoms with Crippen LogP contribution in [0.1, 0.15) is 37.8 Å². The van der Waals surface area contributed by atoms with Crippen LogP contribution in [0.15, 0.2) is 17.3 Å². The third-order valence-corrected chi connectivity index (χ3v) is 7.60. The zero-order chi connectivity index (χ0) is 23.0. The van der Waals surface area contributed by atoms with Gasteiger partial charge in [0, 0.05) is 17.9 Å². The van der Waals surface area contributed by atoms with E-state index in [-0.39, 0.29) is 17.9 Å². The van der Waals surface area contributed by atoms with Crippen LogP contribution in [0.2, 0.25) is 0 Å². The maximum absolute atomic E-state index is 14.9. The normalized spacial score (nSPS) is 17.7. The number of hydrogen-bond acceptors (Lipinski definition) is 7. The highest BCUT2D eigenvalue weighted by atomic mass is 32.2. The Labute approximate surface area is 186 Å². The fourth-order valence-corrected chi connectivity index (χ4v) is 5.59. The summed E-state index contributed by atoms with van der Waals surface area (Å²) in [5.41, 5.74) is -1.44. The summed E-state index contributed by atoms with van der Waals surface area (Å²) in [6.07, 6.45) is 3.59. The van der Waals surface area contributed by atoms with Gasteiger partial charge >= 0.3 is 0 Å². The van der Waals surface area contributed by atoms with E-state index in [0.29, 0.717) is 28.5 Å². The molecule has 2 aromatic rings. The van der Waals surface area contributed by atoms with Gasteiger partial charge in [0.1, 0.15) is 17.8 Å². The number of hydrogen-bond donors (Lipinski definition) is 3. The first-order valence-electron chi connectivity index (χ1n) is 9.93. The minimum Gasteiger partial charge on any atom is -0.366 e. The Balaban J connectivity index is 1.59. The van der Waals surface area contributed by atoms with Gasteiger partial charge in [0.25, 0.3) is 0 Å². The molecule has 32 heavy (non-hydrogen) atoms. The lowest BCUT2D eigenvalue weighted by molar-refractivity contribution is -0.117. The number of carbonyl (C=O) groups is 1. The molecule has 8 nitrogen and oxygen atoms in total. The van der Waals surface area contributed by atoms with E-state index in [1.807, 2.05) is 4.72 Å². The van der Waals surface area contributed by atoms with E-state index in [2.05, 4.69) is 20.6 Å². The number of aromatic nitrogens is 2. The smallest absolute Gasteiger partial charge is 0.234 e. The van der Waals surface area contributed by atoms with Crippen LogP contribution in [-0.2, 0) is 14.8 Å². The molecule has 1 amide bonds. The summed E-state index contributed by atoms with van der Waals surface area (Å²) >= 11 is 1.34. The second-order valence-corrected chi connectivity index (χ2v) is 10.4. The van der Waals surface area contributed by atoms with Crippen LogP contribution in [0.25, 0.3) is 0 Å². The van der Waals surface area contributed by atoms with Gasteiger partial charge in [0.05, 0.1) is 27.9 Å². The number of nitrogens with one attached hydrogen (secondary N) is 3. The molecule has 0 bridgehead atoms. The number of nitrogens with zero attached hydrogens (tertiary/aromatic N) is 2. The van der Waals surface area contributed by atoms with E-state index in [9.17, 15) is 26.4 Å². The summed E-state index contributed by atoms with van der Waals surface area (Å²) < 4.78 is 69.0. The Bertz CT molecular complexity index is 1180. The molecule has 13 heteroatoms. The van der Waals surface area contributed by atoms with Gasteiger partial charge in [-0.25, -0.2) is 31.6 Å². The minimum atomic E-state index is -3.97. The van der Waals surface area contributed by atoms with Crippen molar-refractivity contribution < 1.29 is 26.4 Å². The lowest BCUT2D eigenvalue weighted by Gasteiger charge is -2.15. The molecule has 1 aromatic heterocycles. The maximum atomic E-state index is 14.9. The van der Waals surface area contributed by atoms with E-state index < -0.39 is 50.7 Å². The summed E-state index contributed by atoms with van der Waals surface area (Å²) in [5.74, 6) is -5.66. The van der Waals surface area contributed by atoms with Crippen LogP contribution < -0.4 is 15.4 Å². The molecule has 1 unspecified atom stereocenters. The Morgan fingerprint density at radius 2 is 1.97 bits per heavy atom. The molecule has 0 saturated heterocycles. The quantitative estimate of drug-likeness (QED) is 0.489. The van der Waals surface area contributed by atoms with E-state index in [1.165, 1.54) is 18.1 Å². The van der Waals surface area contributed by atoms with Gasteiger partial charge in [-0.3, -0.25) is 9.52 Å². The summed E-state index contributed by atoms with van der Waals surface area (Å²) in [6, 6.07) is 0.727. The fraction of sp³-hybridized carbons (Fsp3) is 0.421. The van der Waals surface area contributed by atoms with Crippen molar-refractivity contribution in [2.45, 2.75) is 43.0 Å². The van der Waals surface area contributed by atoms with Gasteiger partial charge in [-0.1, -0.05) is 6.92 Å². The SMILES string of the molecule is CCCS(=O)(=O)Nc1cc(F)c(F)c(NC(=O)C2CSc3c(NC4CC4)ncnc32)c1F. The number of amides is 1. The van der Waals surface area contributed by atoms with E-state index in [4.69, 9.17) is 0 Å². The molecule has 4 rings (SSSR count). The fourth-order valence-electron chi connectivity index (χ4n) is 3.23. The molecular weight excluding hydrogens is 467 g/mol. The summed E-state index contributed by atoms with van der Waals surface area (Å²) in [5, 5.41) is 5.33. The Kier molecular flexibility index (Phi) is 6.21. The topological polar surface area (TPSA) is 113 Å². The molecule has 0 radical (unpaired) electrons. The van der Waals surface area contributed by atoms with Gasteiger partial charge in [-0.2, -0.15) is 0 Å². The molecule has 2 aliphatic rings. The second kappa shape index (κ2) is 8.77. The zero-order valence-electron chi connectivity index (χ0n) is 16.9. The zero-order valence-corrected chi connectivity index (χ0v) is 18.5. The molecule has 1 atom stereocenters. The van der Waals surface area contributed by atoms with Crippen molar-refractivity contribution in [3.8, 4) is 0 Å². The number of thioether (sulfide) groups is 1.